The van der Waals surface area contributed by atoms with Crippen LogP contribution in [0.4, 0.5) is 0 Å². The summed E-state index contributed by atoms with van der Waals surface area (Å²) >= 11 is 3.39. The fourth-order valence-electron chi connectivity index (χ4n) is 1.71. The Morgan fingerprint density at radius 2 is 1.85 bits per heavy atom. The third-order valence-corrected chi connectivity index (χ3v) is 5.10. The lowest BCUT2D eigenvalue weighted by atomic mass is 10.2. The SMILES string of the molecule is CCCS(=O)(=O)CCOc1ccc(CBr)cc1OCC. The summed E-state index contributed by atoms with van der Waals surface area (Å²) in [7, 11) is -3.01. The molecule has 0 saturated heterocycles. The predicted molar refractivity (Wildman–Crippen MR) is 84.7 cm³/mol. The van der Waals surface area contributed by atoms with Crippen LogP contribution in [0, 0.1) is 0 Å². The van der Waals surface area contributed by atoms with Crippen LogP contribution in [-0.4, -0.2) is 33.1 Å². The first-order chi connectivity index (χ1) is 9.52. The average molecular weight is 365 g/mol. The maximum Gasteiger partial charge on any atom is 0.161 e. The van der Waals surface area contributed by atoms with Crippen LogP contribution < -0.4 is 9.47 Å². The van der Waals surface area contributed by atoms with Crippen molar-refractivity contribution in [1.82, 2.24) is 0 Å². The molecule has 0 aliphatic carbocycles. The lowest BCUT2D eigenvalue weighted by Gasteiger charge is -2.13. The van der Waals surface area contributed by atoms with E-state index in [-0.39, 0.29) is 18.1 Å². The van der Waals surface area contributed by atoms with E-state index in [0.717, 1.165) is 10.9 Å². The van der Waals surface area contributed by atoms with E-state index in [1.807, 2.05) is 32.0 Å². The van der Waals surface area contributed by atoms with Crippen LogP contribution in [0.1, 0.15) is 25.8 Å². The summed E-state index contributed by atoms with van der Waals surface area (Å²) in [6, 6.07) is 5.63. The van der Waals surface area contributed by atoms with Gasteiger partial charge in [-0.15, -0.1) is 0 Å². The molecule has 0 amide bonds. The molecule has 0 unspecified atom stereocenters. The molecule has 0 fully saturated rings. The molecule has 114 valence electrons. The van der Waals surface area contributed by atoms with E-state index in [2.05, 4.69) is 15.9 Å². The number of alkyl halides is 1. The summed E-state index contributed by atoms with van der Waals surface area (Å²) in [6.07, 6.45) is 0.631. The van der Waals surface area contributed by atoms with E-state index in [1.54, 1.807) is 0 Å². The second-order valence-corrected chi connectivity index (χ2v) is 7.21. The molecule has 0 aliphatic heterocycles. The molecule has 0 heterocycles. The summed E-state index contributed by atoms with van der Waals surface area (Å²) in [5, 5.41) is 0.734. The van der Waals surface area contributed by atoms with Gasteiger partial charge in [-0.05, 0) is 31.0 Å². The summed E-state index contributed by atoms with van der Waals surface area (Å²) in [5.74, 6) is 1.48. The Hall–Kier alpha value is -0.750. The minimum atomic E-state index is -3.01. The topological polar surface area (TPSA) is 52.6 Å². The molecule has 4 nitrogen and oxygen atoms in total. The lowest BCUT2D eigenvalue weighted by Crippen LogP contribution is -2.17. The number of benzene rings is 1. The number of sulfone groups is 1. The Morgan fingerprint density at radius 1 is 1.10 bits per heavy atom. The van der Waals surface area contributed by atoms with Crippen molar-refractivity contribution in [2.24, 2.45) is 0 Å². The zero-order chi connectivity index (χ0) is 15.0. The van der Waals surface area contributed by atoms with Crippen LogP contribution in [0.2, 0.25) is 0 Å². The van der Waals surface area contributed by atoms with Gasteiger partial charge >= 0.3 is 0 Å². The maximum atomic E-state index is 11.6. The van der Waals surface area contributed by atoms with Crippen LogP contribution in [0.15, 0.2) is 18.2 Å². The maximum absolute atomic E-state index is 11.6. The first-order valence-corrected chi connectivity index (χ1v) is 9.61. The summed E-state index contributed by atoms with van der Waals surface area (Å²) in [4.78, 5) is 0. The summed E-state index contributed by atoms with van der Waals surface area (Å²) in [5.41, 5.74) is 1.08. The second-order valence-electron chi connectivity index (χ2n) is 4.35. The fourth-order valence-corrected chi connectivity index (χ4v) is 3.23. The standard InChI is InChI=1S/C14H21BrO4S/c1-3-8-20(16,17)9-7-19-13-6-5-12(11-15)10-14(13)18-4-2/h5-6,10H,3-4,7-9,11H2,1-2H3. The van der Waals surface area contributed by atoms with Crippen LogP contribution in [0.3, 0.4) is 0 Å². The highest BCUT2D eigenvalue weighted by Crippen LogP contribution is 2.29. The highest BCUT2D eigenvalue weighted by atomic mass is 79.9. The summed E-state index contributed by atoms with van der Waals surface area (Å²) in [6.45, 7) is 4.44. The van der Waals surface area contributed by atoms with E-state index in [9.17, 15) is 8.42 Å². The van der Waals surface area contributed by atoms with Gasteiger partial charge in [-0.1, -0.05) is 28.9 Å². The van der Waals surface area contributed by atoms with Gasteiger partial charge in [-0.3, -0.25) is 0 Å². The van der Waals surface area contributed by atoms with Gasteiger partial charge < -0.3 is 9.47 Å². The number of hydrogen-bond acceptors (Lipinski definition) is 4. The van der Waals surface area contributed by atoms with Gasteiger partial charge in [-0.25, -0.2) is 8.42 Å². The Bertz CT molecular complexity index is 514. The number of hydrogen-bond donors (Lipinski definition) is 0. The van der Waals surface area contributed by atoms with Gasteiger partial charge in [0.1, 0.15) is 6.61 Å². The van der Waals surface area contributed by atoms with E-state index >= 15 is 0 Å². The minimum Gasteiger partial charge on any atom is -0.490 e. The van der Waals surface area contributed by atoms with Crippen LogP contribution in [-0.2, 0) is 15.2 Å². The van der Waals surface area contributed by atoms with Crippen molar-refractivity contribution < 1.29 is 17.9 Å². The van der Waals surface area contributed by atoms with E-state index in [4.69, 9.17) is 9.47 Å². The van der Waals surface area contributed by atoms with Gasteiger partial charge in [0.25, 0.3) is 0 Å². The molecule has 6 heteroatoms. The van der Waals surface area contributed by atoms with Gasteiger partial charge in [-0.2, -0.15) is 0 Å². The number of rotatable bonds is 9. The molecular formula is C14H21BrO4S. The molecule has 0 radical (unpaired) electrons. The normalized spacial score (nSPS) is 11.3. The Labute approximate surface area is 129 Å². The fraction of sp³-hybridized carbons (Fsp3) is 0.571. The van der Waals surface area contributed by atoms with Gasteiger partial charge in [0.05, 0.1) is 18.1 Å². The van der Waals surface area contributed by atoms with E-state index in [1.165, 1.54) is 0 Å². The molecule has 1 rings (SSSR count). The third kappa shape index (κ3) is 5.71. The molecule has 0 spiro atoms. The molecule has 0 bridgehead atoms. The summed E-state index contributed by atoms with van der Waals surface area (Å²) < 4.78 is 34.3. The van der Waals surface area contributed by atoms with Crippen molar-refractivity contribution in [2.45, 2.75) is 25.6 Å². The first-order valence-electron chi connectivity index (χ1n) is 6.67. The van der Waals surface area contributed by atoms with Crippen molar-refractivity contribution in [3.8, 4) is 11.5 Å². The van der Waals surface area contributed by atoms with Crippen molar-refractivity contribution in [2.75, 3.05) is 24.7 Å². The van der Waals surface area contributed by atoms with Gasteiger partial charge in [0, 0.05) is 5.33 Å². The predicted octanol–water partition coefficient (Wildman–Crippen LogP) is 3.18. The van der Waals surface area contributed by atoms with Crippen LogP contribution >= 0.6 is 15.9 Å². The van der Waals surface area contributed by atoms with Crippen LogP contribution in [0.25, 0.3) is 0 Å². The van der Waals surface area contributed by atoms with Gasteiger partial charge in [0.2, 0.25) is 0 Å². The highest BCUT2D eigenvalue weighted by molar-refractivity contribution is 9.08. The average Bonchev–Trinajstić information content (AvgIpc) is 2.40. The molecular weight excluding hydrogens is 344 g/mol. The second kappa shape index (κ2) is 8.52. The highest BCUT2D eigenvalue weighted by Gasteiger charge is 2.11. The number of ether oxygens (including phenoxy) is 2. The monoisotopic (exact) mass is 364 g/mol. The Kier molecular flexibility index (Phi) is 7.37. The largest absolute Gasteiger partial charge is 0.490 e. The molecule has 0 saturated carbocycles. The molecule has 0 N–H and O–H groups in total. The van der Waals surface area contributed by atoms with Crippen molar-refractivity contribution in [3.63, 3.8) is 0 Å². The smallest absolute Gasteiger partial charge is 0.161 e. The molecule has 1 aromatic rings. The van der Waals surface area contributed by atoms with E-state index in [0.29, 0.717) is 24.5 Å². The van der Waals surface area contributed by atoms with Crippen molar-refractivity contribution in [1.29, 1.82) is 0 Å². The van der Waals surface area contributed by atoms with Crippen LogP contribution in [0.5, 0.6) is 11.5 Å². The quantitative estimate of drug-likeness (QED) is 0.631. The molecule has 20 heavy (non-hydrogen) atoms. The number of halogens is 1. The Morgan fingerprint density at radius 3 is 2.45 bits per heavy atom. The van der Waals surface area contributed by atoms with Crippen molar-refractivity contribution >= 4 is 25.8 Å². The van der Waals surface area contributed by atoms with Crippen molar-refractivity contribution in [3.05, 3.63) is 23.8 Å². The lowest BCUT2D eigenvalue weighted by molar-refractivity contribution is 0.288. The zero-order valence-corrected chi connectivity index (χ0v) is 14.3. The Balaban J connectivity index is 2.67. The van der Waals surface area contributed by atoms with E-state index < -0.39 is 9.84 Å². The third-order valence-electron chi connectivity index (χ3n) is 2.63. The zero-order valence-electron chi connectivity index (χ0n) is 11.9. The molecule has 0 atom stereocenters. The van der Waals surface area contributed by atoms with Gasteiger partial charge in [0.15, 0.2) is 21.3 Å². The molecule has 0 aromatic heterocycles. The first kappa shape index (κ1) is 17.3. The minimum absolute atomic E-state index is 0.0343. The molecule has 0 aliphatic rings. The molecule has 1 aromatic carbocycles.